The molecule has 1 saturated heterocycles. The van der Waals surface area contributed by atoms with Crippen LogP contribution in [0.2, 0.25) is 0 Å². The van der Waals surface area contributed by atoms with Gasteiger partial charge in [-0.05, 0) is 56.9 Å². The van der Waals surface area contributed by atoms with Gasteiger partial charge in [0, 0.05) is 31.7 Å². The summed E-state index contributed by atoms with van der Waals surface area (Å²) in [5, 5.41) is 7.01. The summed E-state index contributed by atoms with van der Waals surface area (Å²) in [6.07, 6.45) is 0. The molecule has 26 heavy (non-hydrogen) atoms. The number of halogens is 1. The Morgan fingerprint density at radius 1 is 1.31 bits per heavy atom. The lowest BCUT2D eigenvalue weighted by atomic mass is 10.1. The highest BCUT2D eigenvalue weighted by atomic mass is 127. The number of aliphatic imine (C=N–C) groups is 1. The molecule has 1 aliphatic rings. The second-order valence-electron chi connectivity index (χ2n) is 7.33. The molecular formula is C20H35IN4O. The molecule has 1 aliphatic heterocycles. The highest BCUT2D eigenvalue weighted by molar-refractivity contribution is 14.0. The van der Waals surface area contributed by atoms with Crippen LogP contribution < -0.4 is 15.4 Å². The Morgan fingerprint density at radius 3 is 2.62 bits per heavy atom. The molecule has 6 heteroatoms. The first-order chi connectivity index (χ1) is 11.9. The number of aryl methyl sites for hydroxylation is 1. The van der Waals surface area contributed by atoms with Crippen molar-refractivity contribution in [3.05, 3.63) is 29.3 Å². The highest BCUT2D eigenvalue weighted by Crippen LogP contribution is 2.19. The van der Waals surface area contributed by atoms with E-state index in [2.05, 4.69) is 62.3 Å². The highest BCUT2D eigenvalue weighted by Gasteiger charge is 2.31. The summed E-state index contributed by atoms with van der Waals surface area (Å²) in [7, 11) is 1.70. The third-order valence-electron chi connectivity index (χ3n) is 4.80. The lowest BCUT2D eigenvalue weighted by Gasteiger charge is -2.22. The zero-order valence-electron chi connectivity index (χ0n) is 17.0. The molecule has 5 nitrogen and oxygen atoms in total. The number of benzene rings is 1. The fourth-order valence-electron chi connectivity index (χ4n) is 3.31. The first-order valence-electron chi connectivity index (χ1n) is 9.36. The molecule has 2 rings (SSSR count). The zero-order chi connectivity index (χ0) is 18.4. The molecule has 0 spiro atoms. The zero-order valence-corrected chi connectivity index (χ0v) is 19.3. The van der Waals surface area contributed by atoms with E-state index in [0.29, 0.717) is 24.5 Å². The van der Waals surface area contributed by atoms with E-state index < -0.39 is 0 Å². The first-order valence-corrected chi connectivity index (χ1v) is 9.36. The lowest BCUT2D eigenvalue weighted by Crippen LogP contribution is -2.46. The second-order valence-corrected chi connectivity index (χ2v) is 7.33. The van der Waals surface area contributed by atoms with Crippen LogP contribution in [0.1, 0.15) is 38.8 Å². The third-order valence-corrected chi connectivity index (χ3v) is 4.80. The monoisotopic (exact) mass is 474 g/mol. The summed E-state index contributed by atoms with van der Waals surface area (Å²) >= 11 is 0. The third kappa shape index (κ3) is 6.61. The average molecular weight is 474 g/mol. The number of hydrogen-bond donors (Lipinski definition) is 2. The van der Waals surface area contributed by atoms with Crippen LogP contribution in [-0.4, -0.2) is 49.7 Å². The van der Waals surface area contributed by atoms with Gasteiger partial charge in [-0.15, -0.1) is 24.0 Å². The first kappa shape index (κ1) is 23.0. The van der Waals surface area contributed by atoms with Gasteiger partial charge in [0.1, 0.15) is 5.75 Å². The number of methoxy groups -OCH3 is 1. The quantitative estimate of drug-likeness (QED) is 0.377. The Kier molecular flexibility index (Phi) is 9.71. The predicted octanol–water partition coefficient (Wildman–Crippen LogP) is 3.41. The molecule has 1 heterocycles. The molecule has 2 unspecified atom stereocenters. The molecule has 2 atom stereocenters. The summed E-state index contributed by atoms with van der Waals surface area (Å²) < 4.78 is 5.36. The van der Waals surface area contributed by atoms with E-state index in [1.807, 2.05) is 6.07 Å². The summed E-state index contributed by atoms with van der Waals surface area (Å²) in [6, 6.07) is 7.28. The Balaban J connectivity index is 0.00000338. The van der Waals surface area contributed by atoms with E-state index in [0.717, 1.165) is 36.9 Å². The van der Waals surface area contributed by atoms with Crippen molar-refractivity contribution in [2.24, 2.45) is 10.9 Å². The Hall–Kier alpha value is -1.02. The minimum atomic E-state index is 0. The molecular weight excluding hydrogens is 439 g/mol. The van der Waals surface area contributed by atoms with E-state index in [9.17, 15) is 0 Å². The topological polar surface area (TPSA) is 48.9 Å². The molecule has 1 fully saturated rings. The molecule has 0 amide bonds. The fraction of sp³-hybridized carbons (Fsp3) is 0.650. The number of nitrogens with zero attached hydrogens (tertiary/aromatic N) is 2. The molecule has 0 saturated carbocycles. The summed E-state index contributed by atoms with van der Waals surface area (Å²) in [5.74, 6) is 2.40. The van der Waals surface area contributed by atoms with Gasteiger partial charge in [-0.25, -0.2) is 4.99 Å². The van der Waals surface area contributed by atoms with Gasteiger partial charge in [-0.1, -0.05) is 13.0 Å². The molecule has 2 N–H and O–H groups in total. The SMILES string of the molecule is CCNC(=NCc1cc(C)cc(OC)c1)NC1CN(C(C)C)CC1C.I. The van der Waals surface area contributed by atoms with Crippen LogP contribution >= 0.6 is 24.0 Å². The maximum atomic E-state index is 5.36. The molecule has 1 aromatic carbocycles. The van der Waals surface area contributed by atoms with Crippen molar-refractivity contribution >= 4 is 29.9 Å². The smallest absolute Gasteiger partial charge is 0.191 e. The number of ether oxygens (including phenoxy) is 1. The summed E-state index contributed by atoms with van der Waals surface area (Å²) in [6.45, 7) is 14.7. The van der Waals surface area contributed by atoms with Gasteiger partial charge >= 0.3 is 0 Å². The maximum absolute atomic E-state index is 5.36. The van der Waals surface area contributed by atoms with Gasteiger partial charge < -0.3 is 15.4 Å². The fourth-order valence-corrected chi connectivity index (χ4v) is 3.31. The maximum Gasteiger partial charge on any atom is 0.191 e. The molecule has 1 aromatic rings. The van der Waals surface area contributed by atoms with E-state index in [1.165, 1.54) is 5.56 Å². The molecule has 148 valence electrons. The van der Waals surface area contributed by atoms with Crippen LogP contribution in [0.25, 0.3) is 0 Å². The lowest BCUT2D eigenvalue weighted by molar-refractivity contribution is 0.265. The summed E-state index contributed by atoms with van der Waals surface area (Å²) in [5.41, 5.74) is 2.36. The van der Waals surface area contributed by atoms with Crippen molar-refractivity contribution in [2.45, 2.75) is 53.2 Å². The molecule has 0 bridgehead atoms. The van der Waals surface area contributed by atoms with Gasteiger partial charge in [0.05, 0.1) is 13.7 Å². The van der Waals surface area contributed by atoms with Crippen molar-refractivity contribution in [3.63, 3.8) is 0 Å². The molecule has 0 aromatic heterocycles. The second kappa shape index (κ2) is 11.0. The van der Waals surface area contributed by atoms with Crippen LogP contribution in [0, 0.1) is 12.8 Å². The minimum Gasteiger partial charge on any atom is -0.497 e. The number of likely N-dealkylation sites (tertiary alicyclic amines) is 1. The Labute approximate surface area is 176 Å². The number of hydrogen-bond acceptors (Lipinski definition) is 3. The predicted molar refractivity (Wildman–Crippen MR) is 121 cm³/mol. The van der Waals surface area contributed by atoms with E-state index in [1.54, 1.807) is 7.11 Å². The van der Waals surface area contributed by atoms with Crippen molar-refractivity contribution in [2.75, 3.05) is 26.7 Å². The van der Waals surface area contributed by atoms with Crippen LogP contribution in [0.15, 0.2) is 23.2 Å². The van der Waals surface area contributed by atoms with Crippen LogP contribution in [0.5, 0.6) is 5.75 Å². The van der Waals surface area contributed by atoms with Crippen LogP contribution in [-0.2, 0) is 6.54 Å². The van der Waals surface area contributed by atoms with Crippen molar-refractivity contribution in [1.82, 2.24) is 15.5 Å². The van der Waals surface area contributed by atoms with Crippen molar-refractivity contribution < 1.29 is 4.74 Å². The number of rotatable bonds is 6. The molecule has 0 radical (unpaired) electrons. The number of nitrogens with one attached hydrogen (secondary N) is 2. The Bertz CT molecular complexity index is 591. The largest absolute Gasteiger partial charge is 0.497 e. The van der Waals surface area contributed by atoms with Gasteiger partial charge in [0.2, 0.25) is 0 Å². The summed E-state index contributed by atoms with van der Waals surface area (Å²) in [4.78, 5) is 7.31. The Morgan fingerprint density at radius 2 is 2.04 bits per heavy atom. The van der Waals surface area contributed by atoms with Crippen molar-refractivity contribution in [1.29, 1.82) is 0 Å². The van der Waals surface area contributed by atoms with Gasteiger partial charge in [-0.2, -0.15) is 0 Å². The van der Waals surface area contributed by atoms with Crippen molar-refractivity contribution in [3.8, 4) is 5.75 Å². The average Bonchev–Trinajstić information content (AvgIpc) is 2.93. The van der Waals surface area contributed by atoms with E-state index in [4.69, 9.17) is 9.73 Å². The number of guanidine groups is 1. The van der Waals surface area contributed by atoms with Gasteiger partial charge in [0.15, 0.2) is 5.96 Å². The normalized spacial score (nSPS) is 20.8. The van der Waals surface area contributed by atoms with Crippen LogP contribution in [0.3, 0.4) is 0 Å². The standard InChI is InChI=1S/C20H34N4O.HI/c1-7-21-20(23-19-13-24(14(2)3)12-16(19)5)22-11-17-8-15(4)9-18(10-17)25-6;/h8-10,14,16,19H,7,11-13H2,1-6H3,(H2,21,22,23);1H. The van der Waals surface area contributed by atoms with Crippen LogP contribution in [0.4, 0.5) is 0 Å². The van der Waals surface area contributed by atoms with Gasteiger partial charge in [0.25, 0.3) is 0 Å². The van der Waals surface area contributed by atoms with E-state index in [-0.39, 0.29) is 24.0 Å². The minimum absolute atomic E-state index is 0. The van der Waals surface area contributed by atoms with Gasteiger partial charge in [-0.3, -0.25) is 4.90 Å². The van der Waals surface area contributed by atoms with E-state index >= 15 is 0 Å². The molecule has 0 aliphatic carbocycles.